The zero-order valence-electron chi connectivity index (χ0n) is 11.2. The summed E-state index contributed by atoms with van der Waals surface area (Å²) in [4.78, 5) is 24.5. The molecule has 20 heavy (non-hydrogen) atoms. The Bertz CT molecular complexity index is 496. The van der Waals surface area contributed by atoms with Crippen LogP contribution in [0.15, 0.2) is 24.3 Å². The van der Waals surface area contributed by atoms with Crippen molar-refractivity contribution in [3.8, 4) is 0 Å². The zero-order valence-corrected chi connectivity index (χ0v) is 12.1. The number of nitrogens with zero attached hydrogens (tertiary/aromatic N) is 2. The Morgan fingerprint density at radius 1 is 1.50 bits per heavy atom. The van der Waals surface area contributed by atoms with E-state index in [0.717, 1.165) is 13.1 Å². The standard InChI is InChI=1S/C13H17N3O3.ClH/c1-10-9-14-6-7-15(10)13(17)8-11-4-2-3-5-12(11)16(18)19;/h2-5,10,14H,6-9H2,1H3;1H/t10-;/m1./s1. The van der Waals surface area contributed by atoms with Crippen LogP contribution in [-0.2, 0) is 11.2 Å². The molecule has 1 N–H and O–H groups in total. The van der Waals surface area contributed by atoms with Gasteiger partial charge in [0.25, 0.3) is 5.69 Å². The third kappa shape index (κ3) is 3.68. The van der Waals surface area contributed by atoms with Crippen molar-refractivity contribution in [1.82, 2.24) is 10.2 Å². The number of nitrogens with one attached hydrogen (secondary N) is 1. The van der Waals surface area contributed by atoms with Crippen LogP contribution in [0.2, 0.25) is 0 Å². The first kappa shape index (κ1) is 16.4. The van der Waals surface area contributed by atoms with Crippen LogP contribution in [0, 0.1) is 10.1 Å². The highest BCUT2D eigenvalue weighted by Crippen LogP contribution is 2.19. The van der Waals surface area contributed by atoms with Gasteiger partial charge in [0.1, 0.15) is 0 Å². The lowest BCUT2D eigenvalue weighted by atomic mass is 10.1. The van der Waals surface area contributed by atoms with Crippen molar-refractivity contribution in [1.29, 1.82) is 0 Å². The van der Waals surface area contributed by atoms with Gasteiger partial charge in [-0.1, -0.05) is 18.2 Å². The van der Waals surface area contributed by atoms with Gasteiger partial charge in [0, 0.05) is 37.3 Å². The molecule has 6 nitrogen and oxygen atoms in total. The number of piperazine rings is 1. The summed E-state index contributed by atoms with van der Waals surface area (Å²) in [5, 5.41) is 14.1. The Morgan fingerprint density at radius 2 is 2.20 bits per heavy atom. The van der Waals surface area contributed by atoms with Crippen molar-refractivity contribution in [2.24, 2.45) is 0 Å². The van der Waals surface area contributed by atoms with Gasteiger partial charge in [-0.15, -0.1) is 12.4 Å². The maximum absolute atomic E-state index is 12.2. The van der Waals surface area contributed by atoms with Gasteiger partial charge in [-0.05, 0) is 6.92 Å². The summed E-state index contributed by atoms with van der Waals surface area (Å²) in [6.07, 6.45) is 0.0848. The van der Waals surface area contributed by atoms with E-state index in [1.54, 1.807) is 23.1 Å². The van der Waals surface area contributed by atoms with E-state index >= 15 is 0 Å². The van der Waals surface area contributed by atoms with E-state index in [1.807, 2.05) is 6.92 Å². The molecule has 0 radical (unpaired) electrons. The van der Waals surface area contributed by atoms with Gasteiger partial charge in [0.05, 0.1) is 11.3 Å². The first-order chi connectivity index (χ1) is 9.09. The molecule has 0 unspecified atom stereocenters. The van der Waals surface area contributed by atoms with Crippen LogP contribution in [0.25, 0.3) is 0 Å². The molecule has 1 saturated heterocycles. The maximum Gasteiger partial charge on any atom is 0.273 e. The number of halogens is 1. The molecule has 0 spiro atoms. The molecule has 1 atom stereocenters. The Hall–Kier alpha value is -1.66. The van der Waals surface area contributed by atoms with Crippen molar-refractivity contribution in [3.05, 3.63) is 39.9 Å². The van der Waals surface area contributed by atoms with E-state index in [1.165, 1.54) is 6.07 Å². The SMILES string of the molecule is C[C@@H]1CNCCN1C(=O)Cc1ccccc1[N+](=O)[O-].Cl. The largest absolute Gasteiger partial charge is 0.337 e. The van der Waals surface area contributed by atoms with Gasteiger partial charge < -0.3 is 10.2 Å². The predicted octanol–water partition coefficient (Wildman–Crippen LogP) is 1.38. The first-order valence-corrected chi connectivity index (χ1v) is 6.32. The minimum Gasteiger partial charge on any atom is -0.337 e. The summed E-state index contributed by atoms with van der Waals surface area (Å²) >= 11 is 0. The van der Waals surface area contributed by atoms with Crippen molar-refractivity contribution in [2.45, 2.75) is 19.4 Å². The number of rotatable bonds is 3. The average molecular weight is 300 g/mol. The van der Waals surface area contributed by atoms with Crippen molar-refractivity contribution < 1.29 is 9.72 Å². The molecule has 0 saturated carbocycles. The Labute approximate surface area is 123 Å². The molecular weight excluding hydrogens is 282 g/mol. The number of carbonyl (C=O) groups excluding carboxylic acids is 1. The molecule has 1 aromatic rings. The lowest BCUT2D eigenvalue weighted by Gasteiger charge is -2.34. The van der Waals surface area contributed by atoms with Crippen LogP contribution in [0.5, 0.6) is 0 Å². The van der Waals surface area contributed by atoms with Crippen LogP contribution in [0.3, 0.4) is 0 Å². The Morgan fingerprint density at radius 3 is 2.85 bits per heavy atom. The monoisotopic (exact) mass is 299 g/mol. The van der Waals surface area contributed by atoms with Gasteiger partial charge in [-0.2, -0.15) is 0 Å². The molecule has 1 fully saturated rings. The highest BCUT2D eigenvalue weighted by Gasteiger charge is 2.25. The molecule has 1 aromatic carbocycles. The van der Waals surface area contributed by atoms with Crippen molar-refractivity contribution in [3.63, 3.8) is 0 Å². The third-order valence-electron chi connectivity index (χ3n) is 3.35. The fourth-order valence-electron chi connectivity index (χ4n) is 2.31. The van der Waals surface area contributed by atoms with Gasteiger partial charge in [0.2, 0.25) is 5.91 Å². The number of hydrogen-bond acceptors (Lipinski definition) is 4. The molecule has 1 heterocycles. The van der Waals surface area contributed by atoms with Crippen LogP contribution >= 0.6 is 12.4 Å². The summed E-state index contributed by atoms with van der Waals surface area (Å²) in [7, 11) is 0. The zero-order chi connectivity index (χ0) is 13.8. The molecule has 1 aliphatic heterocycles. The van der Waals surface area contributed by atoms with Gasteiger partial charge >= 0.3 is 0 Å². The van der Waals surface area contributed by atoms with E-state index in [0.29, 0.717) is 12.1 Å². The van der Waals surface area contributed by atoms with E-state index < -0.39 is 4.92 Å². The Kier molecular flexibility index (Phi) is 5.91. The molecule has 0 aromatic heterocycles. The molecule has 1 aliphatic rings. The molecule has 0 aliphatic carbocycles. The van der Waals surface area contributed by atoms with Gasteiger partial charge in [-0.25, -0.2) is 0 Å². The number of hydrogen-bond donors (Lipinski definition) is 1. The van der Waals surface area contributed by atoms with E-state index in [4.69, 9.17) is 0 Å². The van der Waals surface area contributed by atoms with Crippen molar-refractivity contribution in [2.75, 3.05) is 19.6 Å². The van der Waals surface area contributed by atoms with Gasteiger partial charge in [0.15, 0.2) is 0 Å². The summed E-state index contributed by atoms with van der Waals surface area (Å²) in [6.45, 7) is 4.17. The molecule has 7 heteroatoms. The molecule has 0 bridgehead atoms. The number of para-hydroxylation sites is 1. The minimum absolute atomic E-state index is 0. The second-order valence-electron chi connectivity index (χ2n) is 4.70. The molecule has 1 amide bonds. The smallest absolute Gasteiger partial charge is 0.273 e. The van der Waals surface area contributed by atoms with Crippen LogP contribution in [0.1, 0.15) is 12.5 Å². The minimum atomic E-state index is -0.441. The second-order valence-corrected chi connectivity index (χ2v) is 4.70. The van der Waals surface area contributed by atoms with E-state index in [-0.39, 0.29) is 36.5 Å². The normalized spacial score (nSPS) is 18.2. The fraction of sp³-hybridized carbons (Fsp3) is 0.462. The second kappa shape index (κ2) is 7.21. The number of nitro benzene ring substituents is 1. The number of nitro groups is 1. The highest BCUT2D eigenvalue weighted by atomic mass is 35.5. The topological polar surface area (TPSA) is 75.5 Å². The van der Waals surface area contributed by atoms with Gasteiger partial charge in [-0.3, -0.25) is 14.9 Å². The van der Waals surface area contributed by atoms with Crippen LogP contribution in [0.4, 0.5) is 5.69 Å². The highest BCUT2D eigenvalue weighted by molar-refractivity contribution is 5.85. The third-order valence-corrected chi connectivity index (χ3v) is 3.35. The van der Waals surface area contributed by atoms with Crippen molar-refractivity contribution >= 4 is 24.0 Å². The fourth-order valence-corrected chi connectivity index (χ4v) is 2.31. The lowest BCUT2D eigenvalue weighted by molar-refractivity contribution is -0.385. The first-order valence-electron chi connectivity index (χ1n) is 6.32. The molecule has 2 rings (SSSR count). The summed E-state index contributed by atoms with van der Waals surface area (Å²) in [5.74, 6) is -0.0525. The summed E-state index contributed by atoms with van der Waals surface area (Å²) in [6, 6.07) is 6.53. The number of amides is 1. The maximum atomic E-state index is 12.2. The quantitative estimate of drug-likeness (QED) is 0.676. The lowest BCUT2D eigenvalue weighted by Crippen LogP contribution is -2.52. The molecular formula is C13H18ClN3O3. The van der Waals surface area contributed by atoms with Crippen LogP contribution in [-0.4, -0.2) is 41.4 Å². The summed E-state index contributed by atoms with van der Waals surface area (Å²) < 4.78 is 0. The average Bonchev–Trinajstić information content (AvgIpc) is 2.39. The number of benzene rings is 1. The summed E-state index contributed by atoms with van der Waals surface area (Å²) in [5.41, 5.74) is 0.488. The number of carbonyl (C=O) groups is 1. The molecule has 110 valence electrons. The van der Waals surface area contributed by atoms with E-state index in [2.05, 4.69) is 5.32 Å². The van der Waals surface area contributed by atoms with Crippen LogP contribution < -0.4 is 5.32 Å². The van der Waals surface area contributed by atoms with E-state index in [9.17, 15) is 14.9 Å². The predicted molar refractivity (Wildman–Crippen MR) is 78.1 cm³/mol. The Balaban J connectivity index is 0.00000200.